The van der Waals surface area contributed by atoms with Crippen LogP contribution in [-0.2, 0) is 14.8 Å². The Bertz CT molecular complexity index is 855. The molecule has 2 aromatic rings. The second-order valence-electron chi connectivity index (χ2n) is 4.80. The summed E-state index contributed by atoms with van der Waals surface area (Å²) in [4.78, 5) is 26.8. The molecule has 0 radical (unpaired) electrons. The molecule has 0 spiro atoms. The summed E-state index contributed by atoms with van der Waals surface area (Å²) in [6.07, 6.45) is 0. The normalized spacial score (nSPS) is 11.1. The number of benzene rings is 1. The highest BCUT2D eigenvalue weighted by Gasteiger charge is 2.18. The van der Waals surface area contributed by atoms with Crippen molar-refractivity contribution in [3.63, 3.8) is 0 Å². The number of hydrogen-bond donors (Lipinski definition) is 2. The zero-order valence-electron chi connectivity index (χ0n) is 12.7. The lowest BCUT2D eigenvalue weighted by Gasteiger charge is -2.06. The lowest BCUT2D eigenvalue weighted by molar-refractivity contribution is -0.114. The first-order valence-corrected chi connectivity index (χ1v) is 8.88. The minimum Gasteiger partial charge on any atom is -0.326 e. The number of Topliss-reactive ketones (excluding diaryl/α,β-unsaturated/α-hetero) is 1. The molecule has 1 amide bonds. The molecule has 0 saturated heterocycles. The van der Waals surface area contributed by atoms with Crippen LogP contribution >= 0.6 is 11.3 Å². The SMILES string of the molecule is CC(=O)Nc1ccc(S(=O)(=O)Nc2nc(C)c(C(C)=O)s2)cc1. The number of aromatic nitrogens is 1. The van der Waals surface area contributed by atoms with Crippen LogP contribution in [0.4, 0.5) is 10.8 Å². The molecule has 0 unspecified atom stereocenters. The average molecular weight is 353 g/mol. The summed E-state index contributed by atoms with van der Waals surface area (Å²) in [6, 6.07) is 5.73. The van der Waals surface area contributed by atoms with E-state index in [0.717, 1.165) is 11.3 Å². The molecule has 2 rings (SSSR count). The molecule has 1 aromatic heterocycles. The third kappa shape index (κ3) is 4.14. The van der Waals surface area contributed by atoms with Crippen molar-refractivity contribution in [3.05, 3.63) is 34.8 Å². The van der Waals surface area contributed by atoms with Crippen LogP contribution in [0.2, 0.25) is 0 Å². The second-order valence-corrected chi connectivity index (χ2v) is 7.48. The molecule has 2 N–H and O–H groups in total. The van der Waals surface area contributed by atoms with Gasteiger partial charge in [-0.1, -0.05) is 11.3 Å². The van der Waals surface area contributed by atoms with Crippen LogP contribution in [0.15, 0.2) is 29.2 Å². The monoisotopic (exact) mass is 353 g/mol. The number of anilines is 2. The first-order chi connectivity index (χ1) is 10.7. The van der Waals surface area contributed by atoms with Gasteiger partial charge in [0.05, 0.1) is 15.5 Å². The Kier molecular flexibility index (Phi) is 4.81. The summed E-state index contributed by atoms with van der Waals surface area (Å²) in [6.45, 7) is 4.41. The van der Waals surface area contributed by atoms with Crippen molar-refractivity contribution < 1.29 is 18.0 Å². The van der Waals surface area contributed by atoms with Gasteiger partial charge in [0, 0.05) is 19.5 Å². The van der Waals surface area contributed by atoms with Crippen molar-refractivity contribution in [2.24, 2.45) is 0 Å². The number of ketones is 1. The molecule has 0 aliphatic carbocycles. The van der Waals surface area contributed by atoms with Crippen LogP contribution in [0, 0.1) is 6.92 Å². The molecule has 1 aromatic carbocycles. The highest BCUT2D eigenvalue weighted by molar-refractivity contribution is 7.93. The van der Waals surface area contributed by atoms with E-state index in [0.29, 0.717) is 16.3 Å². The summed E-state index contributed by atoms with van der Waals surface area (Å²) in [5.41, 5.74) is 0.988. The number of hydrogen-bond acceptors (Lipinski definition) is 6. The third-order valence-corrected chi connectivity index (χ3v) is 5.48. The quantitative estimate of drug-likeness (QED) is 0.803. The number of nitrogens with zero attached hydrogens (tertiary/aromatic N) is 1. The number of rotatable bonds is 5. The van der Waals surface area contributed by atoms with Crippen molar-refractivity contribution in [2.75, 3.05) is 10.0 Å². The van der Waals surface area contributed by atoms with Gasteiger partial charge >= 0.3 is 0 Å². The Hall–Kier alpha value is -2.26. The van der Waals surface area contributed by atoms with E-state index >= 15 is 0 Å². The fourth-order valence-electron chi connectivity index (χ4n) is 1.86. The predicted molar refractivity (Wildman–Crippen MR) is 88.4 cm³/mol. The van der Waals surface area contributed by atoms with E-state index in [9.17, 15) is 18.0 Å². The van der Waals surface area contributed by atoms with E-state index in [1.165, 1.54) is 38.1 Å². The zero-order valence-corrected chi connectivity index (χ0v) is 14.3. The standard InChI is InChI=1S/C14H15N3O4S2/c1-8-13(9(2)18)22-14(15-8)17-23(20,21)12-6-4-11(5-7-12)16-10(3)19/h4-7H,1-3H3,(H,15,17)(H,16,19). The zero-order chi connectivity index (χ0) is 17.2. The van der Waals surface area contributed by atoms with Crippen LogP contribution in [0.3, 0.4) is 0 Å². The highest BCUT2D eigenvalue weighted by Crippen LogP contribution is 2.25. The number of aryl methyl sites for hydroxylation is 1. The highest BCUT2D eigenvalue weighted by atomic mass is 32.2. The molecule has 0 fully saturated rings. The van der Waals surface area contributed by atoms with E-state index < -0.39 is 10.0 Å². The van der Waals surface area contributed by atoms with Gasteiger partial charge in [-0.15, -0.1) is 0 Å². The van der Waals surface area contributed by atoms with Crippen LogP contribution in [0.5, 0.6) is 0 Å². The first kappa shape index (κ1) is 17.1. The number of thiazole rings is 1. The van der Waals surface area contributed by atoms with Crippen LogP contribution in [0.25, 0.3) is 0 Å². The largest absolute Gasteiger partial charge is 0.326 e. The molecule has 0 aliphatic rings. The Morgan fingerprint density at radius 3 is 2.22 bits per heavy atom. The van der Waals surface area contributed by atoms with Crippen LogP contribution in [0.1, 0.15) is 29.2 Å². The molecule has 122 valence electrons. The average Bonchev–Trinajstić information content (AvgIpc) is 2.79. The number of sulfonamides is 1. The van der Waals surface area contributed by atoms with E-state index in [1.54, 1.807) is 6.92 Å². The summed E-state index contributed by atoms with van der Waals surface area (Å²) in [5.74, 6) is -0.404. The molecule has 0 saturated carbocycles. The van der Waals surface area contributed by atoms with E-state index in [1.807, 2.05) is 0 Å². The van der Waals surface area contributed by atoms with E-state index in [4.69, 9.17) is 0 Å². The molecular formula is C14H15N3O4S2. The fraction of sp³-hybridized carbons (Fsp3) is 0.214. The molecular weight excluding hydrogens is 338 g/mol. The number of amides is 1. The molecule has 0 bridgehead atoms. The maximum Gasteiger partial charge on any atom is 0.263 e. The van der Waals surface area contributed by atoms with Gasteiger partial charge in [-0.25, -0.2) is 13.4 Å². The van der Waals surface area contributed by atoms with Gasteiger partial charge in [-0.2, -0.15) is 0 Å². The molecule has 9 heteroatoms. The van der Waals surface area contributed by atoms with E-state index in [-0.39, 0.29) is 21.7 Å². The molecule has 0 atom stereocenters. The van der Waals surface area contributed by atoms with Crippen molar-refractivity contribution in [1.29, 1.82) is 0 Å². The minimum absolute atomic E-state index is 0.0313. The fourth-order valence-corrected chi connectivity index (χ4v) is 3.96. The van der Waals surface area contributed by atoms with Gasteiger partial charge < -0.3 is 5.32 Å². The first-order valence-electron chi connectivity index (χ1n) is 6.58. The maximum atomic E-state index is 12.3. The van der Waals surface area contributed by atoms with Gasteiger partial charge in [-0.05, 0) is 31.2 Å². The molecule has 1 heterocycles. The van der Waals surface area contributed by atoms with Crippen LogP contribution < -0.4 is 10.0 Å². The van der Waals surface area contributed by atoms with Crippen molar-refractivity contribution >= 4 is 43.9 Å². The Morgan fingerprint density at radius 1 is 1.13 bits per heavy atom. The lowest BCUT2D eigenvalue weighted by atomic mass is 10.3. The summed E-state index contributed by atoms with van der Waals surface area (Å²) in [7, 11) is -3.81. The topological polar surface area (TPSA) is 105 Å². The second kappa shape index (κ2) is 6.47. The Labute approximate surface area is 137 Å². The minimum atomic E-state index is -3.81. The van der Waals surface area contributed by atoms with Crippen LogP contribution in [-0.4, -0.2) is 25.1 Å². The Balaban J connectivity index is 2.23. The molecule has 0 aliphatic heterocycles. The predicted octanol–water partition coefficient (Wildman–Crippen LogP) is 2.41. The summed E-state index contributed by atoms with van der Waals surface area (Å²) >= 11 is 0.993. The smallest absolute Gasteiger partial charge is 0.263 e. The van der Waals surface area contributed by atoms with Gasteiger partial charge in [0.1, 0.15) is 0 Å². The van der Waals surface area contributed by atoms with E-state index in [2.05, 4.69) is 15.0 Å². The van der Waals surface area contributed by atoms with Gasteiger partial charge in [0.15, 0.2) is 10.9 Å². The maximum absolute atomic E-state index is 12.3. The Morgan fingerprint density at radius 2 is 1.74 bits per heavy atom. The van der Waals surface area contributed by atoms with Crippen molar-refractivity contribution in [1.82, 2.24) is 4.98 Å². The summed E-state index contributed by atoms with van der Waals surface area (Å²) < 4.78 is 27.0. The van der Waals surface area contributed by atoms with Gasteiger partial charge in [0.2, 0.25) is 5.91 Å². The molecule has 7 nitrogen and oxygen atoms in total. The lowest BCUT2D eigenvalue weighted by Crippen LogP contribution is -2.13. The number of nitrogens with one attached hydrogen (secondary N) is 2. The number of carbonyl (C=O) groups is 2. The van der Waals surface area contributed by atoms with Crippen molar-refractivity contribution in [2.45, 2.75) is 25.7 Å². The van der Waals surface area contributed by atoms with Crippen molar-refractivity contribution in [3.8, 4) is 0 Å². The summed E-state index contributed by atoms with van der Waals surface area (Å²) in [5, 5.41) is 2.69. The number of carbonyl (C=O) groups excluding carboxylic acids is 2. The molecule has 23 heavy (non-hydrogen) atoms. The third-order valence-electron chi connectivity index (χ3n) is 2.82. The van der Waals surface area contributed by atoms with Gasteiger partial charge in [-0.3, -0.25) is 14.3 Å². The van der Waals surface area contributed by atoms with Gasteiger partial charge in [0.25, 0.3) is 10.0 Å².